The van der Waals surface area contributed by atoms with Crippen LogP contribution in [-0.4, -0.2) is 65.4 Å². The van der Waals surface area contributed by atoms with Crippen molar-refractivity contribution in [3.05, 3.63) is 83.4 Å². The zero-order valence-electron chi connectivity index (χ0n) is 36.1. The molecule has 0 bridgehead atoms. The standard InChI is InChI=1S/C48H80N6.ClH/c1-8-39(9-2)35-51-28-12-24-49-26-14-30-53-37-41-16-20-43(21-17-41)45-32-46(34-47(33-45)48(5,6)7)44-22-18-42(19-23-44)38-54-31-15-27-50-25-13-29-52-36-40(10-3)11-4;/h16-23,32-34,39-40,49-54H,8-15,24-31,35-38H2,1-7H3;1H. The second-order valence-corrected chi connectivity index (χ2v) is 16.5. The zero-order valence-corrected chi connectivity index (χ0v) is 36.9. The summed E-state index contributed by atoms with van der Waals surface area (Å²) in [4.78, 5) is 0. The van der Waals surface area contributed by atoms with E-state index in [9.17, 15) is 0 Å². The Balaban J connectivity index is 0.0000105. The third-order valence-electron chi connectivity index (χ3n) is 11.0. The molecule has 3 aromatic rings. The summed E-state index contributed by atoms with van der Waals surface area (Å²) < 4.78 is 0. The van der Waals surface area contributed by atoms with Crippen molar-refractivity contribution in [2.75, 3.05) is 65.4 Å². The van der Waals surface area contributed by atoms with Gasteiger partial charge in [-0.3, -0.25) is 0 Å². The Morgan fingerprint density at radius 1 is 0.418 bits per heavy atom. The minimum absolute atomic E-state index is 0. The maximum absolute atomic E-state index is 3.64. The van der Waals surface area contributed by atoms with Gasteiger partial charge in [0, 0.05) is 13.1 Å². The van der Waals surface area contributed by atoms with E-state index in [2.05, 4.69) is 147 Å². The third kappa shape index (κ3) is 20.1. The second kappa shape index (κ2) is 29.0. The van der Waals surface area contributed by atoms with E-state index < -0.39 is 0 Å². The van der Waals surface area contributed by atoms with Crippen LogP contribution >= 0.6 is 12.4 Å². The normalized spacial score (nSPS) is 11.8. The number of rotatable bonds is 30. The first-order valence-corrected chi connectivity index (χ1v) is 21.9. The van der Waals surface area contributed by atoms with Gasteiger partial charge in [-0.1, -0.05) is 135 Å². The number of halogens is 1. The van der Waals surface area contributed by atoms with Crippen molar-refractivity contribution in [3.8, 4) is 22.3 Å². The van der Waals surface area contributed by atoms with Crippen molar-refractivity contribution >= 4 is 12.4 Å². The van der Waals surface area contributed by atoms with Gasteiger partial charge in [0.25, 0.3) is 0 Å². The van der Waals surface area contributed by atoms with Gasteiger partial charge in [-0.05, 0) is 153 Å². The van der Waals surface area contributed by atoms with E-state index in [1.807, 2.05) is 0 Å². The van der Waals surface area contributed by atoms with Gasteiger partial charge in [-0.15, -0.1) is 12.4 Å². The number of benzene rings is 3. The fraction of sp³-hybridized carbons (Fsp3) is 0.625. The summed E-state index contributed by atoms with van der Waals surface area (Å²) in [6.07, 6.45) is 9.78. The molecule has 0 radical (unpaired) electrons. The summed E-state index contributed by atoms with van der Waals surface area (Å²) >= 11 is 0. The first kappa shape index (κ1) is 48.9. The van der Waals surface area contributed by atoms with Crippen LogP contribution in [0.5, 0.6) is 0 Å². The van der Waals surface area contributed by atoms with E-state index >= 15 is 0 Å². The Kier molecular flexibility index (Phi) is 25.8. The molecule has 0 spiro atoms. The van der Waals surface area contributed by atoms with Crippen molar-refractivity contribution in [2.45, 2.75) is 118 Å². The molecule has 0 saturated heterocycles. The van der Waals surface area contributed by atoms with Crippen molar-refractivity contribution in [1.29, 1.82) is 0 Å². The minimum Gasteiger partial charge on any atom is -0.317 e. The predicted molar refractivity (Wildman–Crippen MR) is 245 cm³/mol. The van der Waals surface area contributed by atoms with Gasteiger partial charge >= 0.3 is 0 Å². The lowest BCUT2D eigenvalue weighted by atomic mass is 9.83. The lowest BCUT2D eigenvalue weighted by molar-refractivity contribution is 0.445. The SMILES string of the molecule is CCC(CC)CNCCCNCCCNCc1ccc(-c2cc(-c3ccc(CNCCCNCCCNCC(CC)CC)cc3)cc(C(C)(C)C)c2)cc1.Cl. The van der Waals surface area contributed by atoms with E-state index in [1.54, 1.807) is 0 Å². The largest absolute Gasteiger partial charge is 0.317 e. The maximum Gasteiger partial charge on any atom is 0.0205 e. The monoisotopic (exact) mass is 777 g/mol. The highest BCUT2D eigenvalue weighted by Gasteiger charge is 2.17. The summed E-state index contributed by atoms with van der Waals surface area (Å²) in [6.45, 7) is 28.8. The lowest BCUT2D eigenvalue weighted by Gasteiger charge is -2.22. The number of hydrogen-bond acceptors (Lipinski definition) is 6. The average molecular weight is 778 g/mol. The van der Waals surface area contributed by atoms with Crippen molar-refractivity contribution in [1.82, 2.24) is 31.9 Å². The highest BCUT2D eigenvalue weighted by molar-refractivity contribution is 5.85. The number of nitrogens with one attached hydrogen (secondary N) is 6. The van der Waals surface area contributed by atoms with E-state index in [1.165, 1.54) is 77.5 Å². The van der Waals surface area contributed by atoms with E-state index in [0.29, 0.717) is 0 Å². The van der Waals surface area contributed by atoms with Gasteiger partial charge < -0.3 is 31.9 Å². The molecule has 0 aliphatic rings. The van der Waals surface area contributed by atoms with E-state index in [-0.39, 0.29) is 17.8 Å². The molecule has 0 saturated carbocycles. The molecule has 0 amide bonds. The van der Waals surface area contributed by atoms with Gasteiger partial charge in [-0.25, -0.2) is 0 Å². The van der Waals surface area contributed by atoms with Crippen LogP contribution in [0.25, 0.3) is 22.3 Å². The smallest absolute Gasteiger partial charge is 0.0205 e. The van der Waals surface area contributed by atoms with Crippen LogP contribution in [0.15, 0.2) is 66.7 Å². The molecule has 310 valence electrons. The molecule has 7 heteroatoms. The van der Waals surface area contributed by atoms with E-state index in [4.69, 9.17) is 0 Å². The molecule has 0 aliphatic carbocycles. The van der Waals surface area contributed by atoms with Crippen LogP contribution in [0.2, 0.25) is 0 Å². The predicted octanol–water partition coefficient (Wildman–Crippen LogP) is 9.71. The Labute approximate surface area is 344 Å². The Morgan fingerprint density at radius 2 is 0.745 bits per heavy atom. The van der Waals surface area contributed by atoms with Crippen LogP contribution in [0.3, 0.4) is 0 Å². The molecule has 0 unspecified atom stereocenters. The highest BCUT2D eigenvalue weighted by atomic mass is 35.5. The molecular weight excluding hydrogens is 696 g/mol. The van der Waals surface area contributed by atoms with Gasteiger partial charge in [0.1, 0.15) is 0 Å². The van der Waals surface area contributed by atoms with Gasteiger partial charge in [-0.2, -0.15) is 0 Å². The molecule has 3 aromatic carbocycles. The summed E-state index contributed by atoms with van der Waals surface area (Å²) in [5, 5.41) is 21.7. The first-order chi connectivity index (χ1) is 26.3. The molecule has 0 aliphatic heterocycles. The van der Waals surface area contributed by atoms with Crippen molar-refractivity contribution < 1.29 is 0 Å². The molecule has 0 aromatic heterocycles. The van der Waals surface area contributed by atoms with Gasteiger partial charge in [0.2, 0.25) is 0 Å². The minimum atomic E-state index is 0. The molecule has 55 heavy (non-hydrogen) atoms. The fourth-order valence-electron chi connectivity index (χ4n) is 6.86. The topological polar surface area (TPSA) is 72.2 Å². The van der Waals surface area contributed by atoms with Crippen LogP contribution in [-0.2, 0) is 18.5 Å². The lowest BCUT2D eigenvalue weighted by Crippen LogP contribution is -2.27. The zero-order chi connectivity index (χ0) is 38.9. The summed E-state index contributed by atoms with van der Waals surface area (Å²) in [5.74, 6) is 1.65. The first-order valence-electron chi connectivity index (χ1n) is 21.9. The molecule has 6 nitrogen and oxygen atoms in total. The molecule has 3 rings (SSSR count). The van der Waals surface area contributed by atoms with Gasteiger partial charge in [0.15, 0.2) is 0 Å². The second-order valence-electron chi connectivity index (χ2n) is 16.5. The Morgan fingerprint density at radius 3 is 1.07 bits per heavy atom. The van der Waals surface area contributed by atoms with Crippen LogP contribution in [0.1, 0.15) is 117 Å². The molecule has 0 heterocycles. The van der Waals surface area contributed by atoms with Crippen LogP contribution in [0, 0.1) is 11.8 Å². The summed E-state index contributed by atoms with van der Waals surface area (Å²) in [7, 11) is 0. The fourth-order valence-corrected chi connectivity index (χ4v) is 6.86. The average Bonchev–Trinajstić information content (AvgIpc) is 3.19. The van der Waals surface area contributed by atoms with Gasteiger partial charge in [0.05, 0.1) is 0 Å². The summed E-state index contributed by atoms with van der Waals surface area (Å²) in [6, 6.07) is 25.4. The number of hydrogen-bond donors (Lipinski definition) is 6. The Hall–Kier alpha value is -2.29. The molecule has 0 fully saturated rings. The Bertz CT molecular complexity index is 1270. The molecular formula is C48H81ClN6. The third-order valence-corrected chi connectivity index (χ3v) is 11.0. The molecule has 6 N–H and O–H groups in total. The van der Waals surface area contributed by atoms with Crippen LogP contribution < -0.4 is 31.9 Å². The van der Waals surface area contributed by atoms with E-state index in [0.717, 1.165) is 103 Å². The quantitative estimate of drug-likeness (QED) is 0.0379. The van der Waals surface area contributed by atoms with Crippen molar-refractivity contribution in [2.24, 2.45) is 11.8 Å². The highest BCUT2D eigenvalue weighted by Crippen LogP contribution is 2.33. The maximum atomic E-state index is 3.64. The molecule has 0 atom stereocenters. The van der Waals surface area contributed by atoms with Crippen LogP contribution in [0.4, 0.5) is 0 Å². The van der Waals surface area contributed by atoms with Crippen molar-refractivity contribution in [3.63, 3.8) is 0 Å². The summed E-state index contributed by atoms with van der Waals surface area (Å²) in [5.41, 5.74) is 9.21.